The van der Waals surface area contributed by atoms with Crippen LogP contribution in [0.15, 0.2) is 11.4 Å². The van der Waals surface area contributed by atoms with Gasteiger partial charge in [-0.25, -0.2) is 0 Å². The highest BCUT2D eigenvalue weighted by atomic mass is 35.5. The molecule has 1 fully saturated rings. The van der Waals surface area contributed by atoms with Gasteiger partial charge in [-0.1, -0.05) is 11.6 Å². The SMILES string of the molecule is O=C(CCc1cc(Cl)cs1)NCCN1CCOCC1. The van der Waals surface area contributed by atoms with Crippen LogP contribution in [-0.4, -0.2) is 50.2 Å². The van der Waals surface area contributed by atoms with Crippen molar-refractivity contribution < 1.29 is 9.53 Å². The van der Waals surface area contributed by atoms with Crippen molar-refractivity contribution in [3.63, 3.8) is 0 Å². The first-order chi connectivity index (χ1) is 9.24. The molecular formula is C13H19ClN2O2S. The minimum absolute atomic E-state index is 0.109. The molecule has 2 heterocycles. The summed E-state index contributed by atoms with van der Waals surface area (Å²) in [5, 5.41) is 5.61. The molecule has 1 aromatic rings. The van der Waals surface area contributed by atoms with Gasteiger partial charge in [0.2, 0.25) is 5.91 Å². The molecule has 0 spiro atoms. The van der Waals surface area contributed by atoms with Crippen LogP contribution in [0, 0.1) is 0 Å². The number of thiophene rings is 1. The lowest BCUT2D eigenvalue weighted by molar-refractivity contribution is -0.121. The standard InChI is InChI=1S/C13H19ClN2O2S/c14-11-9-12(19-10-11)1-2-13(17)15-3-4-16-5-7-18-8-6-16/h9-10H,1-8H2,(H,15,17). The monoisotopic (exact) mass is 302 g/mol. The summed E-state index contributed by atoms with van der Waals surface area (Å²) in [6, 6.07) is 1.92. The molecule has 0 saturated carbocycles. The summed E-state index contributed by atoms with van der Waals surface area (Å²) in [7, 11) is 0. The first kappa shape index (κ1) is 14.8. The van der Waals surface area contributed by atoms with Gasteiger partial charge in [-0.3, -0.25) is 9.69 Å². The fraction of sp³-hybridized carbons (Fsp3) is 0.615. The van der Waals surface area contributed by atoms with Crippen molar-refractivity contribution in [2.75, 3.05) is 39.4 Å². The first-order valence-electron chi connectivity index (χ1n) is 6.54. The van der Waals surface area contributed by atoms with Crippen molar-refractivity contribution in [1.82, 2.24) is 10.2 Å². The molecule has 1 saturated heterocycles. The highest BCUT2D eigenvalue weighted by Gasteiger charge is 2.10. The number of amides is 1. The molecule has 0 aromatic carbocycles. The quantitative estimate of drug-likeness (QED) is 0.871. The van der Waals surface area contributed by atoms with E-state index in [0.717, 1.165) is 49.2 Å². The summed E-state index contributed by atoms with van der Waals surface area (Å²) in [4.78, 5) is 15.2. The molecule has 1 aromatic heterocycles. The third kappa shape index (κ3) is 5.48. The number of ether oxygens (including phenoxy) is 1. The van der Waals surface area contributed by atoms with Crippen molar-refractivity contribution in [1.29, 1.82) is 0 Å². The second kappa shape index (κ2) is 7.85. The van der Waals surface area contributed by atoms with Crippen LogP contribution < -0.4 is 5.32 Å². The molecule has 0 bridgehead atoms. The maximum Gasteiger partial charge on any atom is 0.220 e. The predicted molar refractivity (Wildman–Crippen MR) is 77.9 cm³/mol. The maximum absolute atomic E-state index is 11.7. The van der Waals surface area contributed by atoms with E-state index in [9.17, 15) is 4.79 Å². The summed E-state index contributed by atoms with van der Waals surface area (Å²) < 4.78 is 5.28. The zero-order valence-corrected chi connectivity index (χ0v) is 12.4. The van der Waals surface area contributed by atoms with E-state index < -0.39 is 0 Å². The normalized spacial score (nSPS) is 16.5. The maximum atomic E-state index is 11.7. The minimum atomic E-state index is 0.109. The smallest absolute Gasteiger partial charge is 0.220 e. The number of aryl methyl sites for hydroxylation is 1. The summed E-state index contributed by atoms with van der Waals surface area (Å²) in [5.41, 5.74) is 0. The average molecular weight is 303 g/mol. The van der Waals surface area contributed by atoms with E-state index in [0.29, 0.717) is 13.0 Å². The Balaban J connectivity index is 1.56. The van der Waals surface area contributed by atoms with Crippen molar-refractivity contribution in [3.8, 4) is 0 Å². The van der Waals surface area contributed by atoms with E-state index >= 15 is 0 Å². The van der Waals surface area contributed by atoms with Gasteiger partial charge in [-0.05, 0) is 12.5 Å². The number of carbonyl (C=O) groups is 1. The van der Waals surface area contributed by atoms with E-state index in [1.165, 1.54) is 0 Å². The molecule has 106 valence electrons. The van der Waals surface area contributed by atoms with Crippen molar-refractivity contribution >= 4 is 28.8 Å². The highest BCUT2D eigenvalue weighted by molar-refractivity contribution is 7.10. The van der Waals surface area contributed by atoms with Crippen LogP contribution in [0.4, 0.5) is 0 Å². The molecule has 19 heavy (non-hydrogen) atoms. The Labute approximate surface area is 122 Å². The largest absolute Gasteiger partial charge is 0.379 e. The number of rotatable bonds is 6. The van der Waals surface area contributed by atoms with Gasteiger partial charge in [0.05, 0.1) is 18.2 Å². The molecule has 0 radical (unpaired) electrons. The Hall–Kier alpha value is -0.620. The Morgan fingerprint density at radius 2 is 2.26 bits per heavy atom. The Morgan fingerprint density at radius 3 is 2.95 bits per heavy atom. The number of hydrogen-bond donors (Lipinski definition) is 1. The topological polar surface area (TPSA) is 41.6 Å². The van der Waals surface area contributed by atoms with Crippen molar-refractivity contribution in [2.24, 2.45) is 0 Å². The van der Waals surface area contributed by atoms with Crippen molar-refractivity contribution in [3.05, 3.63) is 21.3 Å². The van der Waals surface area contributed by atoms with Gasteiger partial charge in [-0.15, -0.1) is 11.3 Å². The van der Waals surface area contributed by atoms with Crippen LogP contribution in [-0.2, 0) is 16.0 Å². The molecular weight excluding hydrogens is 284 g/mol. The molecule has 1 aliphatic rings. The number of morpholine rings is 1. The van der Waals surface area contributed by atoms with Gasteiger partial charge in [0.15, 0.2) is 0 Å². The third-order valence-electron chi connectivity index (χ3n) is 3.07. The number of nitrogens with zero attached hydrogens (tertiary/aromatic N) is 1. The Morgan fingerprint density at radius 1 is 1.47 bits per heavy atom. The van der Waals surface area contributed by atoms with Gasteiger partial charge in [0.1, 0.15) is 0 Å². The zero-order chi connectivity index (χ0) is 13.5. The van der Waals surface area contributed by atoms with Gasteiger partial charge < -0.3 is 10.1 Å². The lowest BCUT2D eigenvalue weighted by atomic mass is 10.2. The van der Waals surface area contributed by atoms with Crippen LogP contribution in [0.2, 0.25) is 5.02 Å². The lowest BCUT2D eigenvalue weighted by Crippen LogP contribution is -2.41. The molecule has 0 aliphatic carbocycles. The van der Waals surface area contributed by atoms with Gasteiger partial charge in [-0.2, -0.15) is 0 Å². The van der Waals surface area contributed by atoms with Crippen LogP contribution >= 0.6 is 22.9 Å². The van der Waals surface area contributed by atoms with Crippen LogP contribution in [0.5, 0.6) is 0 Å². The number of halogens is 1. The molecule has 0 unspecified atom stereocenters. The summed E-state index contributed by atoms with van der Waals surface area (Å²) in [6.45, 7) is 5.14. The number of nitrogens with one attached hydrogen (secondary N) is 1. The molecule has 1 aliphatic heterocycles. The number of hydrogen-bond acceptors (Lipinski definition) is 4. The van der Waals surface area contributed by atoms with Gasteiger partial charge in [0.25, 0.3) is 0 Å². The highest BCUT2D eigenvalue weighted by Crippen LogP contribution is 2.20. The fourth-order valence-electron chi connectivity index (χ4n) is 1.99. The molecule has 1 N–H and O–H groups in total. The van der Waals surface area contributed by atoms with Crippen LogP contribution in [0.25, 0.3) is 0 Å². The van der Waals surface area contributed by atoms with Crippen LogP contribution in [0.3, 0.4) is 0 Å². The Bertz CT molecular complexity index is 405. The molecule has 1 amide bonds. The lowest BCUT2D eigenvalue weighted by Gasteiger charge is -2.26. The third-order valence-corrected chi connectivity index (χ3v) is 4.42. The van der Waals surface area contributed by atoms with E-state index in [4.69, 9.17) is 16.3 Å². The molecule has 2 rings (SSSR count). The Kier molecular flexibility index (Phi) is 6.10. The van der Waals surface area contributed by atoms with E-state index in [1.54, 1.807) is 11.3 Å². The second-order valence-corrected chi connectivity index (χ2v) is 5.97. The predicted octanol–water partition coefficient (Wildman–Crippen LogP) is 1.78. The zero-order valence-electron chi connectivity index (χ0n) is 10.9. The second-order valence-electron chi connectivity index (χ2n) is 4.54. The van der Waals surface area contributed by atoms with Gasteiger partial charge >= 0.3 is 0 Å². The van der Waals surface area contributed by atoms with E-state index in [2.05, 4.69) is 10.2 Å². The molecule has 6 heteroatoms. The molecule has 0 atom stereocenters. The van der Waals surface area contributed by atoms with Gasteiger partial charge in [0, 0.05) is 42.9 Å². The summed E-state index contributed by atoms with van der Waals surface area (Å²) >= 11 is 7.44. The fourth-order valence-corrected chi connectivity index (χ4v) is 3.07. The summed E-state index contributed by atoms with van der Waals surface area (Å²) in [6.07, 6.45) is 1.29. The van der Waals surface area contributed by atoms with E-state index in [-0.39, 0.29) is 5.91 Å². The number of carbonyl (C=O) groups excluding carboxylic acids is 1. The first-order valence-corrected chi connectivity index (χ1v) is 7.79. The molecule has 4 nitrogen and oxygen atoms in total. The summed E-state index contributed by atoms with van der Waals surface area (Å²) in [5.74, 6) is 0.109. The minimum Gasteiger partial charge on any atom is -0.379 e. The van der Waals surface area contributed by atoms with Crippen molar-refractivity contribution in [2.45, 2.75) is 12.8 Å². The van der Waals surface area contributed by atoms with E-state index in [1.807, 2.05) is 11.4 Å². The average Bonchev–Trinajstić information content (AvgIpc) is 2.83. The van der Waals surface area contributed by atoms with Crippen LogP contribution in [0.1, 0.15) is 11.3 Å².